The molecule has 0 heterocycles. The molecule has 0 saturated heterocycles. The van der Waals surface area contributed by atoms with Gasteiger partial charge in [-0.15, -0.1) is 0 Å². The summed E-state index contributed by atoms with van der Waals surface area (Å²) in [5.41, 5.74) is 1.19. The molecule has 2 aromatic rings. The molecule has 2 aromatic carbocycles. The van der Waals surface area contributed by atoms with Gasteiger partial charge in [0, 0.05) is 23.7 Å². The molecule has 0 radical (unpaired) electrons. The van der Waals surface area contributed by atoms with E-state index in [1.807, 2.05) is 6.92 Å². The van der Waals surface area contributed by atoms with Crippen LogP contribution in [0.3, 0.4) is 0 Å². The van der Waals surface area contributed by atoms with Crippen molar-refractivity contribution in [3.05, 3.63) is 64.4 Å². The van der Waals surface area contributed by atoms with Crippen molar-refractivity contribution in [1.29, 1.82) is 0 Å². The molecule has 34 heavy (non-hydrogen) atoms. The van der Waals surface area contributed by atoms with Crippen molar-refractivity contribution in [2.75, 3.05) is 23.7 Å². The highest BCUT2D eigenvalue weighted by molar-refractivity contribution is 7.92. The van der Waals surface area contributed by atoms with Gasteiger partial charge in [-0.25, -0.2) is 12.8 Å². The Hall–Kier alpha value is -2.65. The van der Waals surface area contributed by atoms with E-state index < -0.39 is 40.2 Å². The Bertz CT molecular complexity index is 1130. The molecule has 2 rings (SSSR count). The predicted octanol–water partition coefficient (Wildman–Crippen LogP) is 3.89. The normalized spacial score (nSPS) is 12.2. The first-order valence-corrected chi connectivity index (χ1v) is 13.2. The van der Waals surface area contributed by atoms with Gasteiger partial charge >= 0.3 is 0 Å². The highest BCUT2D eigenvalue weighted by Crippen LogP contribution is 2.25. The molecule has 0 aliphatic carbocycles. The van der Waals surface area contributed by atoms with Crippen molar-refractivity contribution in [3.63, 3.8) is 0 Å². The molecule has 0 saturated carbocycles. The molecule has 7 nitrogen and oxygen atoms in total. The summed E-state index contributed by atoms with van der Waals surface area (Å²) < 4.78 is 40.4. The molecule has 0 bridgehead atoms. The lowest BCUT2D eigenvalue weighted by atomic mass is 10.1. The van der Waals surface area contributed by atoms with Crippen LogP contribution in [-0.4, -0.2) is 50.5 Å². The van der Waals surface area contributed by atoms with E-state index in [-0.39, 0.29) is 17.8 Å². The minimum Gasteiger partial charge on any atom is -0.354 e. The first-order chi connectivity index (χ1) is 16.0. The third-order valence-corrected chi connectivity index (χ3v) is 6.97. The van der Waals surface area contributed by atoms with Crippen LogP contribution in [0.5, 0.6) is 0 Å². The molecule has 1 N–H and O–H groups in total. The smallest absolute Gasteiger partial charge is 0.244 e. The number of aryl methyl sites for hydroxylation is 1. The number of benzene rings is 2. The summed E-state index contributed by atoms with van der Waals surface area (Å²) >= 11 is 6.17. The standard InChI is InChI=1S/C24H31ClFN3O4S/c1-5-6-13-27-24(31)18(3)28(15-19-9-7-8-10-22(19)26)23(30)16-29(34(4,32)33)20-12-11-17(2)21(25)14-20/h7-12,14,18H,5-6,13,15-16H2,1-4H3,(H,27,31)/t18-/m0/s1. The molecule has 0 aliphatic rings. The maximum atomic E-state index is 14.4. The van der Waals surface area contributed by atoms with E-state index in [2.05, 4.69) is 5.32 Å². The van der Waals surface area contributed by atoms with Crippen LogP contribution in [0, 0.1) is 12.7 Å². The Morgan fingerprint density at radius 1 is 1.18 bits per heavy atom. The number of anilines is 1. The molecule has 186 valence electrons. The first kappa shape index (κ1) is 27.6. The van der Waals surface area contributed by atoms with Crippen LogP contribution in [-0.2, 0) is 26.2 Å². The predicted molar refractivity (Wildman–Crippen MR) is 133 cm³/mol. The van der Waals surface area contributed by atoms with Crippen molar-refractivity contribution in [3.8, 4) is 0 Å². The second kappa shape index (κ2) is 12.2. The molecular formula is C24H31ClFN3O4S. The number of hydrogen-bond donors (Lipinski definition) is 1. The van der Waals surface area contributed by atoms with Gasteiger partial charge in [-0.05, 0) is 44.0 Å². The molecule has 0 fully saturated rings. The van der Waals surface area contributed by atoms with Gasteiger partial charge < -0.3 is 10.2 Å². The van der Waals surface area contributed by atoms with E-state index in [0.29, 0.717) is 11.6 Å². The van der Waals surface area contributed by atoms with Crippen molar-refractivity contribution in [2.24, 2.45) is 0 Å². The Balaban J connectivity index is 2.38. The summed E-state index contributed by atoms with van der Waals surface area (Å²) in [5.74, 6) is -1.57. The highest BCUT2D eigenvalue weighted by atomic mass is 35.5. The van der Waals surface area contributed by atoms with Gasteiger partial charge in [0.15, 0.2) is 0 Å². The van der Waals surface area contributed by atoms with E-state index in [0.717, 1.165) is 29.0 Å². The summed E-state index contributed by atoms with van der Waals surface area (Å²) in [6, 6.07) is 9.66. The zero-order valence-electron chi connectivity index (χ0n) is 19.8. The Kier molecular flexibility index (Phi) is 9.88. The minimum absolute atomic E-state index is 0.194. The van der Waals surface area contributed by atoms with Gasteiger partial charge in [0.05, 0.1) is 11.9 Å². The molecule has 0 aliphatic heterocycles. The molecular weight excluding hydrogens is 481 g/mol. The molecule has 2 amide bonds. The lowest BCUT2D eigenvalue weighted by Crippen LogP contribution is -2.51. The topological polar surface area (TPSA) is 86.8 Å². The van der Waals surface area contributed by atoms with Crippen LogP contribution >= 0.6 is 11.6 Å². The SMILES string of the molecule is CCCCNC(=O)[C@H](C)N(Cc1ccccc1F)C(=O)CN(c1ccc(C)c(Cl)c1)S(C)(=O)=O. The quantitative estimate of drug-likeness (QED) is 0.464. The summed E-state index contributed by atoms with van der Waals surface area (Å²) in [6.45, 7) is 4.98. The number of amides is 2. The molecule has 0 spiro atoms. The minimum atomic E-state index is -3.87. The number of hydrogen-bond acceptors (Lipinski definition) is 4. The van der Waals surface area contributed by atoms with E-state index in [1.54, 1.807) is 25.1 Å². The van der Waals surface area contributed by atoms with Crippen molar-refractivity contribution < 1.29 is 22.4 Å². The van der Waals surface area contributed by atoms with Gasteiger partial charge in [0.1, 0.15) is 18.4 Å². The van der Waals surface area contributed by atoms with Crippen LogP contribution in [0.4, 0.5) is 10.1 Å². The Morgan fingerprint density at radius 3 is 2.44 bits per heavy atom. The lowest BCUT2D eigenvalue weighted by molar-refractivity contribution is -0.139. The summed E-state index contributed by atoms with van der Waals surface area (Å²) in [7, 11) is -3.87. The van der Waals surface area contributed by atoms with Gasteiger partial charge in [-0.3, -0.25) is 13.9 Å². The fourth-order valence-corrected chi connectivity index (χ4v) is 4.30. The zero-order chi connectivity index (χ0) is 25.5. The third-order valence-electron chi connectivity index (χ3n) is 5.42. The average molecular weight is 512 g/mol. The maximum absolute atomic E-state index is 14.4. The van der Waals surface area contributed by atoms with Gasteiger partial charge in [-0.1, -0.05) is 49.2 Å². The lowest BCUT2D eigenvalue weighted by Gasteiger charge is -2.31. The Morgan fingerprint density at radius 2 is 1.85 bits per heavy atom. The van der Waals surface area contributed by atoms with E-state index in [1.165, 1.54) is 36.1 Å². The fraction of sp³-hybridized carbons (Fsp3) is 0.417. The third kappa shape index (κ3) is 7.43. The van der Waals surface area contributed by atoms with E-state index in [9.17, 15) is 22.4 Å². The molecule has 0 unspecified atom stereocenters. The van der Waals surface area contributed by atoms with Crippen molar-refractivity contribution in [1.82, 2.24) is 10.2 Å². The first-order valence-electron chi connectivity index (χ1n) is 11.0. The van der Waals surface area contributed by atoms with Crippen LogP contribution in [0.25, 0.3) is 0 Å². The van der Waals surface area contributed by atoms with Gasteiger partial charge in [-0.2, -0.15) is 0 Å². The number of halogens is 2. The number of rotatable bonds is 11. The fourth-order valence-electron chi connectivity index (χ4n) is 3.28. The van der Waals surface area contributed by atoms with Crippen molar-refractivity contribution in [2.45, 2.75) is 46.2 Å². The molecule has 1 atom stereocenters. The maximum Gasteiger partial charge on any atom is 0.244 e. The second-order valence-corrected chi connectivity index (χ2v) is 10.5. The zero-order valence-corrected chi connectivity index (χ0v) is 21.4. The average Bonchev–Trinajstić information content (AvgIpc) is 2.77. The number of unbranched alkanes of at least 4 members (excludes halogenated alkanes) is 1. The summed E-state index contributed by atoms with van der Waals surface area (Å²) in [5, 5.41) is 3.12. The van der Waals surface area contributed by atoms with E-state index in [4.69, 9.17) is 11.6 Å². The van der Waals surface area contributed by atoms with Crippen LogP contribution in [0.15, 0.2) is 42.5 Å². The second-order valence-electron chi connectivity index (χ2n) is 8.14. The van der Waals surface area contributed by atoms with E-state index >= 15 is 0 Å². The highest BCUT2D eigenvalue weighted by Gasteiger charge is 2.30. The number of carbonyl (C=O) groups excluding carboxylic acids is 2. The molecule has 10 heteroatoms. The number of carbonyl (C=O) groups is 2. The number of nitrogens with one attached hydrogen (secondary N) is 1. The molecule has 0 aromatic heterocycles. The van der Waals surface area contributed by atoms with Gasteiger partial charge in [0.25, 0.3) is 0 Å². The largest absolute Gasteiger partial charge is 0.354 e. The van der Waals surface area contributed by atoms with Gasteiger partial charge in [0.2, 0.25) is 21.8 Å². The summed E-state index contributed by atoms with van der Waals surface area (Å²) in [4.78, 5) is 27.3. The van der Waals surface area contributed by atoms with Crippen LogP contribution < -0.4 is 9.62 Å². The monoisotopic (exact) mass is 511 g/mol. The van der Waals surface area contributed by atoms with Crippen LogP contribution in [0.1, 0.15) is 37.8 Å². The summed E-state index contributed by atoms with van der Waals surface area (Å²) in [6.07, 6.45) is 2.64. The number of nitrogens with zero attached hydrogens (tertiary/aromatic N) is 2. The number of sulfonamides is 1. The van der Waals surface area contributed by atoms with Crippen molar-refractivity contribution >= 4 is 39.1 Å². The Labute approximate surface area is 205 Å². The van der Waals surface area contributed by atoms with Crippen LogP contribution in [0.2, 0.25) is 5.02 Å².